The number of fused-ring (bicyclic) bond motifs is 1. The van der Waals surface area contributed by atoms with Crippen LogP contribution < -0.4 is 9.47 Å². The molecule has 1 N–H and O–H groups in total. The highest BCUT2D eigenvalue weighted by Crippen LogP contribution is 2.39. The van der Waals surface area contributed by atoms with Gasteiger partial charge >= 0.3 is 5.97 Å². The zero-order chi connectivity index (χ0) is 15.7. The van der Waals surface area contributed by atoms with Crippen molar-refractivity contribution in [2.45, 2.75) is 12.5 Å². The second-order valence-corrected chi connectivity index (χ2v) is 5.00. The first-order valence-electron chi connectivity index (χ1n) is 6.80. The summed E-state index contributed by atoms with van der Waals surface area (Å²) in [5.41, 5.74) is 1.28. The van der Waals surface area contributed by atoms with Gasteiger partial charge in [-0.15, -0.1) is 0 Å². The van der Waals surface area contributed by atoms with Gasteiger partial charge < -0.3 is 14.6 Å². The summed E-state index contributed by atoms with van der Waals surface area (Å²) in [6, 6.07) is 11.6. The molecule has 0 saturated heterocycles. The summed E-state index contributed by atoms with van der Waals surface area (Å²) >= 11 is 0. The van der Waals surface area contributed by atoms with Crippen molar-refractivity contribution in [1.82, 2.24) is 0 Å². The maximum absolute atomic E-state index is 12.4. The van der Waals surface area contributed by atoms with Crippen LogP contribution in [0, 0.1) is 0 Å². The minimum absolute atomic E-state index is 0.0792. The highest BCUT2D eigenvalue weighted by Gasteiger charge is 2.30. The number of carboxylic acids is 1. The molecule has 0 aliphatic carbocycles. The van der Waals surface area contributed by atoms with Crippen LogP contribution in [0.5, 0.6) is 11.5 Å². The Morgan fingerprint density at radius 3 is 2.77 bits per heavy atom. The summed E-state index contributed by atoms with van der Waals surface area (Å²) in [6.45, 7) is 0. The SMILES string of the molecule is COc1cccc2c1C(=O)CC(c1cccc(C(=O)O)c1)O2. The van der Waals surface area contributed by atoms with E-state index in [9.17, 15) is 9.59 Å². The van der Waals surface area contributed by atoms with Gasteiger partial charge in [0, 0.05) is 0 Å². The molecule has 2 aromatic rings. The molecular weight excluding hydrogens is 284 g/mol. The first kappa shape index (κ1) is 14.1. The minimum atomic E-state index is -1.01. The van der Waals surface area contributed by atoms with E-state index in [-0.39, 0.29) is 17.8 Å². The fourth-order valence-electron chi connectivity index (χ4n) is 2.58. The lowest BCUT2D eigenvalue weighted by Crippen LogP contribution is -2.21. The van der Waals surface area contributed by atoms with E-state index < -0.39 is 12.1 Å². The van der Waals surface area contributed by atoms with Crippen molar-refractivity contribution in [3.8, 4) is 11.5 Å². The number of carbonyl (C=O) groups excluding carboxylic acids is 1. The third kappa shape index (κ3) is 2.41. The van der Waals surface area contributed by atoms with Crippen LogP contribution in [0.4, 0.5) is 0 Å². The molecule has 1 heterocycles. The largest absolute Gasteiger partial charge is 0.496 e. The summed E-state index contributed by atoms with van der Waals surface area (Å²) < 4.78 is 11.1. The van der Waals surface area contributed by atoms with Gasteiger partial charge in [-0.1, -0.05) is 18.2 Å². The zero-order valence-corrected chi connectivity index (χ0v) is 11.9. The Labute approximate surface area is 127 Å². The van der Waals surface area contributed by atoms with Gasteiger partial charge in [0.05, 0.1) is 19.1 Å². The molecule has 112 valence electrons. The highest BCUT2D eigenvalue weighted by atomic mass is 16.5. The number of hydrogen-bond acceptors (Lipinski definition) is 4. The molecule has 0 spiro atoms. The number of ketones is 1. The van der Waals surface area contributed by atoms with E-state index in [1.54, 1.807) is 30.3 Å². The predicted molar refractivity (Wildman–Crippen MR) is 78.7 cm³/mol. The summed E-state index contributed by atoms with van der Waals surface area (Å²) in [4.78, 5) is 23.4. The average molecular weight is 298 g/mol. The Morgan fingerprint density at radius 1 is 1.27 bits per heavy atom. The molecule has 5 nitrogen and oxygen atoms in total. The van der Waals surface area contributed by atoms with E-state index in [0.29, 0.717) is 22.6 Å². The van der Waals surface area contributed by atoms with Gasteiger partial charge in [-0.2, -0.15) is 0 Å². The standard InChI is InChI=1S/C17H14O5/c1-21-13-6-3-7-14-16(13)12(18)9-15(22-14)10-4-2-5-11(8-10)17(19)20/h2-8,15H,9H2,1H3,(H,19,20). The molecule has 1 atom stereocenters. The van der Waals surface area contributed by atoms with Gasteiger partial charge in [-0.3, -0.25) is 4.79 Å². The van der Waals surface area contributed by atoms with E-state index in [2.05, 4.69) is 0 Å². The van der Waals surface area contributed by atoms with E-state index in [1.165, 1.54) is 19.2 Å². The molecule has 5 heteroatoms. The molecule has 0 radical (unpaired) electrons. The molecular formula is C17H14O5. The molecule has 0 fully saturated rings. The fourth-order valence-corrected chi connectivity index (χ4v) is 2.58. The Balaban J connectivity index is 1.97. The highest BCUT2D eigenvalue weighted by molar-refractivity contribution is 6.02. The molecule has 22 heavy (non-hydrogen) atoms. The number of aromatic carboxylic acids is 1. The summed E-state index contributed by atoms with van der Waals surface area (Å²) in [5, 5.41) is 9.06. The Kier molecular flexibility index (Phi) is 3.55. The molecule has 0 amide bonds. The minimum Gasteiger partial charge on any atom is -0.496 e. The van der Waals surface area contributed by atoms with E-state index in [0.717, 1.165) is 0 Å². The van der Waals surface area contributed by atoms with Gasteiger partial charge in [-0.25, -0.2) is 4.79 Å². The number of carbonyl (C=O) groups is 2. The van der Waals surface area contributed by atoms with Crippen LogP contribution in [0.25, 0.3) is 0 Å². The van der Waals surface area contributed by atoms with Gasteiger partial charge in [0.2, 0.25) is 0 Å². The van der Waals surface area contributed by atoms with Crippen LogP contribution in [-0.4, -0.2) is 24.0 Å². The maximum Gasteiger partial charge on any atom is 0.335 e. The zero-order valence-electron chi connectivity index (χ0n) is 11.9. The molecule has 2 aromatic carbocycles. The second kappa shape index (κ2) is 5.52. The Hall–Kier alpha value is -2.82. The quantitative estimate of drug-likeness (QED) is 0.942. The smallest absolute Gasteiger partial charge is 0.335 e. The van der Waals surface area contributed by atoms with Crippen molar-refractivity contribution in [2.24, 2.45) is 0 Å². The number of benzene rings is 2. The topological polar surface area (TPSA) is 72.8 Å². The molecule has 1 aliphatic rings. The second-order valence-electron chi connectivity index (χ2n) is 5.00. The van der Waals surface area contributed by atoms with Crippen LogP contribution in [-0.2, 0) is 0 Å². The maximum atomic E-state index is 12.4. The Bertz CT molecular complexity index is 750. The summed E-state index contributed by atoms with van der Waals surface area (Å²) in [6.07, 6.45) is -0.345. The van der Waals surface area contributed by atoms with E-state index >= 15 is 0 Å². The monoisotopic (exact) mass is 298 g/mol. The van der Waals surface area contributed by atoms with E-state index in [1.807, 2.05) is 0 Å². The van der Waals surface area contributed by atoms with Crippen LogP contribution in [0.3, 0.4) is 0 Å². The summed E-state index contributed by atoms with van der Waals surface area (Å²) in [7, 11) is 1.51. The van der Waals surface area contributed by atoms with Gasteiger partial charge in [0.25, 0.3) is 0 Å². The molecule has 3 rings (SSSR count). The number of Topliss-reactive ketones (excluding diaryl/α,β-unsaturated/α-hetero) is 1. The molecule has 0 saturated carbocycles. The van der Waals surface area contributed by atoms with Gasteiger partial charge in [-0.05, 0) is 29.8 Å². The van der Waals surface area contributed by atoms with Crippen LogP contribution in [0.15, 0.2) is 42.5 Å². The fraction of sp³-hybridized carbons (Fsp3) is 0.176. The third-order valence-corrected chi connectivity index (χ3v) is 3.63. The van der Waals surface area contributed by atoms with Crippen molar-refractivity contribution >= 4 is 11.8 Å². The van der Waals surface area contributed by atoms with Crippen LogP contribution in [0.1, 0.15) is 38.8 Å². The van der Waals surface area contributed by atoms with Crippen molar-refractivity contribution in [3.05, 3.63) is 59.2 Å². The number of rotatable bonds is 3. The third-order valence-electron chi connectivity index (χ3n) is 3.63. The van der Waals surface area contributed by atoms with Crippen LogP contribution >= 0.6 is 0 Å². The van der Waals surface area contributed by atoms with Crippen molar-refractivity contribution in [3.63, 3.8) is 0 Å². The number of carboxylic acid groups (broad SMARTS) is 1. The predicted octanol–water partition coefficient (Wildman–Crippen LogP) is 3.10. The molecule has 1 aliphatic heterocycles. The number of hydrogen-bond donors (Lipinski definition) is 1. The molecule has 1 unspecified atom stereocenters. The lowest BCUT2D eigenvalue weighted by atomic mass is 9.95. The van der Waals surface area contributed by atoms with E-state index in [4.69, 9.17) is 14.6 Å². The van der Waals surface area contributed by atoms with Crippen molar-refractivity contribution in [1.29, 1.82) is 0 Å². The lowest BCUT2D eigenvalue weighted by molar-refractivity contribution is 0.0696. The average Bonchev–Trinajstić information content (AvgIpc) is 2.54. The normalized spacial score (nSPS) is 16.6. The number of ether oxygens (including phenoxy) is 2. The molecule has 0 bridgehead atoms. The van der Waals surface area contributed by atoms with Crippen molar-refractivity contribution in [2.75, 3.05) is 7.11 Å². The van der Waals surface area contributed by atoms with Gasteiger partial charge in [0.15, 0.2) is 5.78 Å². The first-order valence-corrected chi connectivity index (χ1v) is 6.80. The van der Waals surface area contributed by atoms with Crippen LogP contribution in [0.2, 0.25) is 0 Å². The van der Waals surface area contributed by atoms with Gasteiger partial charge in [0.1, 0.15) is 23.2 Å². The molecule has 0 aromatic heterocycles. The summed E-state index contributed by atoms with van der Waals surface area (Å²) in [5.74, 6) is -0.142. The van der Waals surface area contributed by atoms with Crippen molar-refractivity contribution < 1.29 is 24.2 Å². The lowest BCUT2D eigenvalue weighted by Gasteiger charge is -2.26. The first-order chi connectivity index (χ1) is 10.6. The number of methoxy groups -OCH3 is 1. The Morgan fingerprint density at radius 2 is 2.05 bits per heavy atom.